The highest BCUT2D eigenvalue weighted by Crippen LogP contribution is 2.18. The van der Waals surface area contributed by atoms with Gasteiger partial charge in [-0.25, -0.2) is 4.98 Å². The summed E-state index contributed by atoms with van der Waals surface area (Å²) in [4.78, 5) is 32.3. The molecule has 0 unspecified atom stereocenters. The maximum absolute atomic E-state index is 12.4. The first-order valence-corrected chi connectivity index (χ1v) is 9.46. The van der Waals surface area contributed by atoms with E-state index < -0.39 is 5.41 Å². The van der Waals surface area contributed by atoms with E-state index in [4.69, 9.17) is 0 Å². The Kier molecular flexibility index (Phi) is 5.78. The molecule has 6 heteroatoms. The summed E-state index contributed by atoms with van der Waals surface area (Å²) in [6.07, 6.45) is 1.54. The third-order valence-electron chi connectivity index (χ3n) is 4.38. The minimum Gasteiger partial charge on any atom is -0.352 e. The molecule has 0 saturated heterocycles. The van der Waals surface area contributed by atoms with Crippen LogP contribution in [-0.4, -0.2) is 28.3 Å². The minimum absolute atomic E-state index is 0.0871. The zero-order valence-corrected chi connectivity index (χ0v) is 16.5. The summed E-state index contributed by atoms with van der Waals surface area (Å²) in [6, 6.07) is 14.9. The van der Waals surface area contributed by atoms with E-state index in [1.165, 1.54) is 0 Å². The lowest BCUT2D eigenvalue weighted by atomic mass is 9.95. The lowest BCUT2D eigenvalue weighted by Crippen LogP contribution is -2.28. The van der Waals surface area contributed by atoms with Crippen molar-refractivity contribution in [1.29, 1.82) is 0 Å². The Labute approximate surface area is 164 Å². The number of hydrogen-bond donors (Lipinski definition) is 3. The van der Waals surface area contributed by atoms with Crippen LogP contribution in [0.1, 0.15) is 43.4 Å². The lowest BCUT2D eigenvalue weighted by Gasteiger charge is -2.18. The van der Waals surface area contributed by atoms with Gasteiger partial charge in [-0.1, -0.05) is 39.0 Å². The standard InChI is InChI=1S/C22H26N4O2/c1-22(2,3)21(28)24-16-9-6-8-15(14-16)20(27)23-13-7-12-19-25-17-10-4-5-11-18(17)26-19/h4-6,8-11,14H,7,12-13H2,1-3H3,(H,23,27)(H,24,28)(H,25,26). The summed E-state index contributed by atoms with van der Waals surface area (Å²) >= 11 is 0. The molecule has 0 bridgehead atoms. The van der Waals surface area contributed by atoms with Crippen LogP contribution in [0.3, 0.4) is 0 Å². The van der Waals surface area contributed by atoms with Crippen molar-refractivity contribution in [1.82, 2.24) is 15.3 Å². The van der Waals surface area contributed by atoms with Crippen molar-refractivity contribution in [2.24, 2.45) is 5.41 Å². The van der Waals surface area contributed by atoms with Gasteiger partial charge in [-0.2, -0.15) is 0 Å². The van der Waals surface area contributed by atoms with Crippen LogP contribution in [0.15, 0.2) is 48.5 Å². The van der Waals surface area contributed by atoms with Crippen LogP contribution < -0.4 is 10.6 Å². The Bertz CT molecular complexity index is 952. The Hall–Kier alpha value is -3.15. The summed E-state index contributed by atoms with van der Waals surface area (Å²) in [7, 11) is 0. The molecule has 0 radical (unpaired) electrons. The summed E-state index contributed by atoms with van der Waals surface area (Å²) in [5, 5.41) is 5.77. The summed E-state index contributed by atoms with van der Waals surface area (Å²) in [6.45, 7) is 6.09. The first-order valence-electron chi connectivity index (χ1n) is 9.46. The fraction of sp³-hybridized carbons (Fsp3) is 0.318. The molecule has 0 spiro atoms. The van der Waals surface area contributed by atoms with Gasteiger partial charge in [0.1, 0.15) is 5.82 Å². The molecule has 3 aromatic rings. The second-order valence-corrected chi connectivity index (χ2v) is 7.85. The van der Waals surface area contributed by atoms with E-state index in [0.717, 1.165) is 29.7 Å². The number of hydrogen-bond acceptors (Lipinski definition) is 3. The number of nitrogens with zero attached hydrogens (tertiary/aromatic N) is 1. The van der Waals surface area contributed by atoms with Gasteiger partial charge in [-0.3, -0.25) is 9.59 Å². The lowest BCUT2D eigenvalue weighted by molar-refractivity contribution is -0.123. The molecule has 0 aliphatic rings. The van der Waals surface area contributed by atoms with Crippen molar-refractivity contribution in [3.8, 4) is 0 Å². The highest BCUT2D eigenvalue weighted by Gasteiger charge is 2.21. The van der Waals surface area contributed by atoms with Crippen LogP contribution in [0.25, 0.3) is 11.0 Å². The Morgan fingerprint density at radius 1 is 1.07 bits per heavy atom. The van der Waals surface area contributed by atoms with Crippen molar-refractivity contribution >= 4 is 28.5 Å². The Balaban J connectivity index is 1.50. The van der Waals surface area contributed by atoms with Gasteiger partial charge in [-0.15, -0.1) is 0 Å². The Morgan fingerprint density at radius 3 is 2.61 bits per heavy atom. The van der Waals surface area contributed by atoms with Crippen molar-refractivity contribution in [3.63, 3.8) is 0 Å². The topological polar surface area (TPSA) is 86.9 Å². The zero-order chi connectivity index (χ0) is 20.1. The number of H-pyrrole nitrogens is 1. The number of carbonyl (C=O) groups is 2. The van der Waals surface area contributed by atoms with Gasteiger partial charge in [0.05, 0.1) is 11.0 Å². The molecule has 28 heavy (non-hydrogen) atoms. The molecule has 6 nitrogen and oxygen atoms in total. The molecule has 0 atom stereocenters. The normalized spacial score (nSPS) is 11.4. The largest absolute Gasteiger partial charge is 0.352 e. The number of fused-ring (bicyclic) bond motifs is 1. The molecule has 3 N–H and O–H groups in total. The van der Waals surface area contributed by atoms with Gasteiger partial charge in [0.2, 0.25) is 5.91 Å². The van der Waals surface area contributed by atoms with Gasteiger partial charge in [0, 0.05) is 29.6 Å². The smallest absolute Gasteiger partial charge is 0.251 e. The van der Waals surface area contributed by atoms with Crippen LogP contribution in [-0.2, 0) is 11.2 Å². The number of amides is 2. The number of rotatable bonds is 6. The van der Waals surface area contributed by atoms with Crippen LogP contribution in [0.2, 0.25) is 0 Å². The van der Waals surface area contributed by atoms with Gasteiger partial charge < -0.3 is 15.6 Å². The fourth-order valence-electron chi connectivity index (χ4n) is 2.74. The fourth-order valence-corrected chi connectivity index (χ4v) is 2.74. The van der Waals surface area contributed by atoms with Crippen molar-refractivity contribution in [3.05, 3.63) is 59.9 Å². The van der Waals surface area contributed by atoms with E-state index in [1.54, 1.807) is 24.3 Å². The molecule has 2 amide bonds. The maximum Gasteiger partial charge on any atom is 0.251 e. The number of nitrogens with one attached hydrogen (secondary N) is 3. The van der Waals surface area contributed by atoms with E-state index in [9.17, 15) is 9.59 Å². The van der Waals surface area contributed by atoms with Crippen LogP contribution in [0, 0.1) is 5.41 Å². The van der Waals surface area contributed by atoms with Crippen molar-refractivity contribution in [2.75, 3.05) is 11.9 Å². The molecular formula is C22H26N4O2. The third kappa shape index (κ3) is 4.97. The van der Waals surface area contributed by atoms with Crippen molar-refractivity contribution < 1.29 is 9.59 Å². The number of aromatic amines is 1. The molecular weight excluding hydrogens is 352 g/mol. The molecule has 1 aromatic heterocycles. The first-order chi connectivity index (χ1) is 13.3. The molecule has 0 aliphatic heterocycles. The van der Waals surface area contributed by atoms with Crippen LogP contribution in [0.4, 0.5) is 5.69 Å². The number of aromatic nitrogens is 2. The zero-order valence-electron chi connectivity index (χ0n) is 16.5. The van der Waals surface area contributed by atoms with E-state index in [0.29, 0.717) is 17.8 Å². The monoisotopic (exact) mass is 378 g/mol. The van der Waals surface area contributed by atoms with Gasteiger partial charge >= 0.3 is 0 Å². The number of imidazole rings is 1. The maximum atomic E-state index is 12.4. The van der Waals surface area contributed by atoms with Crippen molar-refractivity contribution in [2.45, 2.75) is 33.6 Å². The SMILES string of the molecule is CC(C)(C)C(=O)Nc1cccc(C(=O)NCCCc2nc3ccccc3[nH]2)c1. The number of anilines is 1. The molecule has 146 valence electrons. The summed E-state index contributed by atoms with van der Waals surface area (Å²) < 4.78 is 0. The first kappa shape index (κ1) is 19.6. The average Bonchev–Trinajstić information content (AvgIpc) is 3.07. The summed E-state index contributed by atoms with van der Waals surface area (Å²) in [5.74, 6) is 0.676. The molecule has 0 saturated carbocycles. The van der Waals surface area contributed by atoms with Crippen LogP contribution >= 0.6 is 0 Å². The number of carbonyl (C=O) groups excluding carboxylic acids is 2. The predicted molar refractivity (Wildman–Crippen MR) is 111 cm³/mol. The minimum atomic E-state index is -0.491. The van der Waals surface area contributed by atoms with E-state index in [2.05, 4.69) is 20.6 Å². The second-order valence-electron chi connectivity index (χ2n) is 7.85. The highest BCUT2D eigenvalue weighted by atomic mass is 16.2. The second kappa shape index (κ2) is 8.25. The molecule has 0 fully saturated rings. The Morgan fingerprint density at radius 2 is 1.86 bits per heavy atom. The third-order valence-corrected chi connectivity index (χ3v) is 4.38. The average molecular weight is 378 g/mol. The van der Waals surface area contributed by atoms with E-state index in [-0.39, 0.29) is 11.8 Å². The molecule has 1 heterocycles. The molecule has 3 rings (SSSR count). The molecule has 2 aromatic carbocycles. The number of benzene rings is 2. The van der Waals surface area contributed by atoms with E-state index >= 15 is 0 Å². The molecule has 0 aliphatic carbocycles. The van der Waals surface area contributed by atoms with Crippen LogP contribution in [0.5, 0.6) is 0 Å². The number of para-hydroxylation sites is 2. The summed E-state index contributed by atoms with van der Waals surface area (Å²) in [5.41, 5.74) is 2.63. The van der Waals surface area contributed by atoms with Gasteiger partial charge in [0.15, 0.2) is 0 Å². The quantitative estimate of drug-likeness (QED) is 0.568. The highest BCUT2D eigenvalue weighted by molar-refractivity contribution is 5.98. The van der Waals surface area contributed by atoms with E-state index in [1.807, 2.05) is 45.0 Å². The van der Waals surface area contributed by atoms with Gasteiger partial charge in [0.25, 0.3) is 5.91 Å². The number of aryl methyl sites for hydroxylation is 1. The predicted octanol–water partition coefficient (Wildman–Crippen LogP) is 3.91. The van der Waals surface area contributed by atoms with Gasteiger partial charge in [-0.05, 0) is 36.8 Å².